The first kappa shape index (κ1) is 42.3. The lowest BCUT2D eigenvalue weighted by Crippen LogP contribution is -2.64. The zero-order valence-electron chi connectivity index (χ0n) is 31.3. The number of carboxylic acid groups (broad SMARTS) is 1. The molecule has 0 bridgehead atoms. The second kappa shape index (κ2) is 28.3. The van der Waals surface area contributed by atoms with Crippen molar-refractivity contribution in [1.82, 2.24) is 14.7 Å². The molecule has 1 aliphatic heterocycles. The zero-order valence-corrected chi connectivity index (χ0v) is 31.3. The van der Waals surface area contributed by atoms with Crippen molar-refractivity contribution >= 4 is 5.97 Å². The quantitative estimate of drug-likeness (QED) is 0.0614. The molecule has 1 unspecified atom stereocenters. The summed E-state index contributed by atoms with van der Waals surface area (Å²) in [7, 11) is 5.96. The fourth-order valence-corrected chi connectivity index (χ4v) is 7.16. The molecule has 1 atom stereocenters. The standard InChI is InChI=1S/C39H80N4O2/c1-6-8-10-12-14-16-18-20-22-24-26-28-30-40-32-33-41(31-29-27-25-23-21-19-17-15-13-11-9-7-2)35-37-42(36-34-40)38(39(44)45)43(3,4)5/h38H,6-37H2,1-5H3. The van der Waals surface area contributed by atoms with Crippen molar-refractivity contribution in [3.05, 3.63) is 0 Å². The summed E-state index contributed by atoms with van der Waals surface area (Å²) in [5, 5.41) is 12.3. The first-order chi connectivity index (χ1) is 21.8. The van der Waals surface area contributed by atoms with E-state index in [1.807, 2.05) is 21.1 Å². The van der Waals surface area contributed by atoms with Crippen molar-refractivity contribution in [3.8, 4) is 0 Å². The van der Waals surface area contributed by atoms with Gasteiger partial charge in [0.1, 0.15) is 5.97 Å². The summed E-state index contributed by atoms with van der Waals surface area (Å²) in [4.78, 5) is 19.7. The molecule has 45 heavy (non-hydrogen) atoms. The van der Waals surface area contributed by atoms with Gasteiger partial charge in [-0.15, -0.1) is 0 Å². The van der Waals surface area contributed by atoms with Gasteiger partial charge in [-0.3, -0.25) is 0 Å². The van der Waals surface area contributed by atoms with Crippen molar-refractivity contribution in [3.63, 3.8) is 0 Å². The largest absolute Gasteiger partial charge is 0.543 e. The van der Waals surface area contributed by atoms with E-state index < -0.39 is 12.1 Å². The summed E-state index contributed by atoms with van der Waals surface area (Å²) >= 11 is 0. The normalized spacial score (nSPS) is 16.8. The van der Waals surface area contributed by atoms with Gasteiger partial charge in [0.25, 0.3) is 0 Å². The van der Waals surface area contributed by atoms with Crippen LogP contribution in [0, 0.1) is 0 Å². The lowest BCUT2D eigenvalue weighted by atomic mass is 10.1. The van der Waals surface area contributed by atoms with E-state index in [0.29, 0.717) is 4.48 Å². The smallest absolute Gasteiger partial charge is 0.185 e. The van der Waals surface area contributed by atoms with Gasteiger partial charge in [0, 0.05) is 39.3 Å². The molecular formula is C39H80N4O2. The van der Waals surface area contributed by atoms with Gasteiger partial charge in [0.15, 0.2) is 6.17 Å². The highest BCUT2D eigenvalue weighted by atomic mass is 16.4. The average Bonchev–Trinajstić information content (AvgIpc) is 3.08. The fourth-order valence-electron chi connectivity index (χ4n) is 7.16. The van der Waals surface area contributed by atoms with Crippen LogP contribution in [0.2, 0.25) is 0 Å². The van der Waals surface area contributed by atoms with Gasteiger partial charge in [-0.2, -0.15) is 0 Å². The number of unbranched alkanes of at least 4 members (excludes halogenated alkanes) is 22. The van der Waals surface area contributed by atoms with Gasteiger partial charge in [0.2, 0.25) is 0 Å². The van der Waals surface area contributed by atoms with Crippen LogP contribution in [0.5, 0.6) is 0 Å². The van der Waals surface area contributed by atoms with Crippen LogP contribution in [0.25, 0.3) is 0 Å². The van der Waals surface area contributed by atoms with Crippen LogP contribution < -0.4 is 5.11 Å². The molecule has 0 radical (unpaired) electrons. The summed E-state index contributed by atoms with van der Waals surface area (Å²) in [5.41, 5.74) is 0. The van der Waals surface area contributed by atoms with E-state index in [0.717, 1.165) is 52.4 Å². The first-order valence-corrected chi connectivity index (χ1v) is 20.0. The topological polar surface area (TPSA) is 49.8 Å². The van der Waals surface area contributed by atoms with E-state index in [1.54, 1.807) is 0 Å². The highest BCUT2D eigenvalue weighted by molar-refractivity contribution is 5.69. The third-order valence-electron chi connectivity index (χ3n) is 10.1. The van der Waals surface area contributed by atoms with E-state index in [4.69, 9.17) is 0 Å². The van der Waals surface area contributed by atoms with Crippen LogP contribution in [0.15, 0.2) is 0 Å². The van der Waals surface area contributed by atoms with E-state index in [9.17, 15) is 9.90 Å². The number of aliphatic carboxylic acids is 1. The van der Waals surface area contributed by atoms with Gasteiger partial charge in [0.05, 0.1) is 21.1 Å². The lowest BCUT2D eigenvalue weighted by Gasteiger charge is -2.42. The molecule has 268 valence electrons. The third kappa shape index (κ3) is 23.3. The van der Waals surface area contributed by atoms with Crippen molar-refractivity contribution in [2.24, 2.45) is 0 Å². The minimum Gasteiger partial charge on any atom is -0.543 e. The van der Waals surface area contributed by atoms with Gasteiger partial charge < -0.3 is 24.2 Å². The Morgan fingerprint density at radius 2 is 0.756 bits per heavy atom. The zero-order chi connectivity index (χ0) is 33.0. The number of rotatable bonds is 29. The van der Waals surface area contributed by atoms with Crippen LogP contribution >= 0.6 is 0 Å². The van der Waals surface area contributed by atoms with E-state index in [2.05, 4.69) is 28.5 Å². The number of quaternary nitrogens is 1. The molecule has 0 amide bonds. The number of hydrogen-bond donors (Lipinski definition) is 0. The molecule has 0 spiro atoms. The molecule has 0 aliphatic carbocycles. The fraction of sp³-hybridized carbons (Fsp3) is 0.974. The van der Waals surface area contributed by atoms with Crippen molar-refractivity contribution in [2.45, 2.75) is 174 Å². The number of nitrogens with zero attached hydrogens (tertiary/aromatic N) is 4. The Bertz CT molecular complexity index is 628. The maximum Gasteiger partial charge on any atom is 0.185 e. The number of carbonyl (C=O) groups excluding carboxylic acids is 1. The van der Waals surface area contributed by atoms with Crippen LogP contribution in [0.1, 0.15) is 168 Å². The second-order valence-corrected chi connectivity index (χ2v) is 15.3. The van der Waals surface area contributed by atoms with Gasteiger partial charge in [-0.1, -0.05) is 155 Å². The number of hydrogen-bond acceptors (Lipinski definition) is 5. The van der Waals surface area contributed by atoms with Gasteiger partial charge in [-0.05, 0) is 25.9 Å². The van der Waals surface area contributed by atoms with E-state index in [1.165, 1.54) is 154 Å². The van der Waals surface area contributed by atoms with Crippen molar-refractivity contribution in [1.29, 1.82) is 0 Å². The molecule has 6 heteroatoms. The Hall–Kier alpha value is -0.690. The predicted octanol–water partition coefficient (Wildman–Crippen LogP) is 8.09. The monoisotopic (exact) mass is 637 g/mol. The summed E-state index contributed by atoms with van der Waals surface area (Å²) < 4.78 is 0.375. The van der Waals surface area contributed by atoms with Crippen molar-refractivity contribution in [2.75, 3.05) is 73.5 Å². The Kier molecular flexibility index (Phi) is 26.7. The van der Waals surface area contributed by atoms with Crippen LogP contribution in [-0.2, 0) is 4.79 Å². The Labute approximate surface area is 282 Å². The van der Waals surface area contributed by atoms with Gasteiger partial charge >= 0.3 is 0 Å². The number of carbonyl (C=O) groups is 1. The van der Waals surface area contributed by atoms with Crippen LogP contribution in [0.4, 0.5) is 0 Å². The molecular weight excluding hydrogens is 556 g/mol. The second-order valence-electron chi connectivity index (χ2n) is 15.3. The molecule has 1 fully saturated rings. The highest BCUT2D eigenvalue weighted by Crippen LogP contribution is 2.16. The molecule has 1 heterocycles. The Morgan fingerprint density at radius 1 is 0.489 bits per heavy atom. The van der Waals surface area contributed by atoms with Gasteiger partial charge in [-0.25, -0.2) is 4.90 Å². The highest BCUT2D eigenvalue weighted by Gasteiger charge is 2.32. The first-order valence-electron chi connectivity index (χ1n) is 20.0. The number of carboxylic acids is 1. The maximum atomic E-state index is 12.3. The SMILES string of the molecule is CCCCCCCCCCCCCCN1CCN(CCCCCCCCCCCCCC)CCN(C(C(=O)[O-])[N+](C)(C)C)CC1. The molecule has 0 N–H and O–H groups in total. The summed E-state index contributed by atoms with van der Waals surface area (Å²) in [6.45, 7) is 12.6. The number of likely N-dealkylation sites (N-methyl/N-ethyl adjacent to an activating group) is 1. The maximum absolute atomic E-state index is 12.3. The lowest BCUT2D eigenvalue weighted by molar-refractivity contribution is -0.901. The molecule has 1 rings (SSSR count). The summed E-state index contributed by atoms with van der Waals surface area (Å²) in [6, 6.07) is 0. The molecule has 0 aromatic carbocycles. The Balaban J connectivity index is 2.43. The molecule has 1 aliphatic rings. The van der Waals surface area contributed by atoms with Crippen LogP contribution in [0.3, 0.4) is 0 Å². The van der Waals surface area contributed by atoms with E-state index in [-0.39, 0.29) is 0 Å². The Morgan fingerprint density at radius 3 is 1.02 bits per heavy atom. The predicted molar refractivity (Wildman–Crippen MR) is 193 cm³/mol. The summed E-state index contributed by atoms with van der Waals surface area (Å²) in [6.07, 6.45) is 32.5. The molecule has 1 saturated heterocycles. The van der Waals surface area contributed by atoms with E-state index >= 15 is 0 Å². The average molecular weight is 637 g/mol. The molecule has 0 aromatic heterocycles. The van der Waals surface area contributed by atoms with Crippen LogP contribution in [-0.4, -0.2) is 105 Å². The molecule has 0 saturated carbocycles. The molecule has 0 aromatic rings. The van der Waals surface area contributed by atoms with Crippen molar-refractivity contribution < 1.29 is 14.4 Å². The molecule has 6 nitrogen and oxygen atoms in total. The minimum absolute atomic E-state index is 0.375. The summed E-state index contributed by atoms with van der Waals surface area (Å²) in [5.74, 6) is -0.943. The third-order valence-corrected chi connectivity index (χ3v) is 10.1. The minimum atomic E-state index is -0.943.